The van der Waals surface area contributed by atoms with Crippen molar-refractivity contribution < 1.29 is 19.4 Å². The molecule has 0 fully saturated rings. The van der Waals surface area contributed by atoms with Crippen molar-refractivity contribution in [1.82, 2.24) is 0 Å². The summed E-state index contributed by atoms with van der Waals surface area (Å²) in [4.78, 5) is 11.5. The number of ether oxygens (including phenoxy) is 2. The number of carbonyl (C=O) groups is 1. The minimum Gasteiger partial charge on any atom is -0.493 e. The molecular formula is C17H15ClO4. The van der Waals surface area contributed by atoms with Crippen LogP contribution in [0.2, 0.25) is 5.02 Å². The topological polar surface area (TPSA) is 55.8 Å². The summed E-state index contributed by atoms with van der Waals surface area (Å²) in [5.74, 6) is 0.109. The predicted molar refractivity (Wildman–Crippen MR) is 86.5 cm³/mol. The third kappa shape index (κ3) is 3.59. The van der Waals surface area contributed by atoms with E-state index in [0.717, 1.165) is 0 Å². The Morgan fingerprint density at radius 3 is 2.23 bits per heavy atom. The van der Waals surface area contributed by atoms with Gasteiger partial charge in [-0.25, -0.2) is 4.79 Å². The lowest BCUT2D eigenvalue weighted by Gasteiger charge is -2.09. The standard InChI is InChI=1S/C17H15ClO4/c1-21-15-8-3-11(10-16(15)22-2)9-14(17(19)20)12-4-6-13(18)7-5-12/h3-10H,1-2H3,(H,19,20). The fourth-order valence-corrected chi connectivity index (χ4v) is 2.13. The number of halogens is 1. The van der Waals surface area contributed by atoms with Crippen LogP contribution in [0, 0.1) is 0 Å². The van der Waals surface area contributed by atoms with Crippen LogP contribution in [0.3, 0.4) is 0 Å². The Bertz CT molecular complexity index is 705. The zero-order chi connectivity index (χ0) is 16.1. The van der Waals surface area contributed by atoms with E-state index in [4.69, 9.17) is 21.1 Å². The molecule has 114 valence electrons. The van der Waals surface area contributed by atoms with Gasteiger partial charge in [0.25, 0.3) is 0 Å². The van der Waals surface area contributed by atoms with Gasteiger partial charge >= 0.3 is 5.97 Å². The van der Waals surface area contributed by atoms with Crippen molar-refractivity contribution in [2.45, 2.75) is 0 Å². The molecule has 5 heteroatoms. The van der Waals surface area contributed by atoms with Crippen molar-refractivity contribution in [2.75, 3.05) is 14.2 Å². The molecule has 0 aliphatic rings. The number of carboxylic acid groups (broad SMARTS) is 1. The molecule has 0 heterocycles. The summed E-state index contributed by atoms with van der Waals surface area (Å²) in [6.45, 7) is 0. The van der Waals surface area contributed by atoms with Crippen molar-refractivity contribution in [3.63, 3.8) is 0 Å². The van der Waals surface area contributed by atoms with E-state index in [0.29, 0.717) is 27.6 Å². The highest BCUT2D eigenvalue weighted by atomic mass is 35.5. The number of rotatable bonds is 5. The van der Waals surface area contributed by atoms with Crippen LogP contribution in [0.4, 0.5) is 0 Å². The fraction of sp³-hybridized carbons (Fsp3) is 0.118. The number of hydrogen-bond donors (Lipinski definition) is 1. The molecule has 2 aromatic rings. The van der Waals surface area contributed by atoms with Gasteiger partial charge in [0.15, 0.2) is 11.5 Å². The van der Waals surface area contributed by atoms with Crippen LogP contribution in [0.5, 0.6) is 11.5 Å². The van der Waals surface area contributed by atoms with Crippen LogP contribution in [0.25, 0.3) is 11.6 Å². The molecule has 0 radical (unpaired) electrons. The summed E-state index contributed by atoms with van der Waals surface area (Å²) >= 11 is 5.83. The third-order valence-electron chi connectivity index (χ3n) is 3.10. The minimum absolute atomic E-state index is 0.170. The largest absolute Gasteiger partial charge is 0.493 e. The van der Waals surface area contributed by atoms with E-state index in [2.05, 4.69) is 0 Å². The fourth-order valence-electron chi connectivity index (χ4n) is 2.01. The maximum Gasteiger partial charge on any atom is 0.336 e. The first-order valence-corrected chi connectivity index (χ1v) is 6.86. The zero-order valence-corrected chi connectivity index (χ0v) is 12.9. The maximum atomic E-state index is 11.5. The Morgan fingerprint density at radius 1 is 1.05 bits per heavy atom. The van der Waals surface area contributed by atoms with Gasteiger partial charge in [-0.1, -0.05) is 29.8 Å². The molecule has 2 rings (SSSR count). The summed E-state index contributed by atoms with van der Waals surface area (Å²) in [6, 6.07) is 11.9. The predicted octanol–water partition coefficient (Wildman–Crippen LogP) is 3.98. The van der Waals surface area contributed by atoms with Crippen LogP contribution < -0.4 is 9.47 Å². The van der Waals surface area contributed by atoms with Gasteiger partial charge in [0, 0.05) is 5.02 Å². The summed E-state index contributed by atoms with van der Waals surface area (Å²) in [7, 11) is 3.08. The van der Waals surface area contributed by atoms with E-state index < -0.39 is 5.97 Å². The molecule has 0 unspecified atom stereocenters. The smallest absolute Gasteiger partial charge is 0.336 e. The lowest BCUT2D eigenvalue weighted by atomic mass is 10.0. The Labute approximate surface area is 133 Å². The lowest BCUT2D eigenvalue weighted by molar-refractivity contribution is -0.130. The van der Waals surface area contributed by atoms with Gasteiger partial charge < -0.3 is 14.6 Å². The van der Waals surface area contributed by atoms with E-state index in [-0.39, 0.29) is 5.57 Å². The van der Waals surface area contributed by atoms with E-state index in [1.54, 1.807) is 55.7 Å². The molecule has 0 amide bonds. The molecule has 2 aromatic carbocycles. The highest BCUT2D eigenvalue weighted by Gasteiger charge is 2.11. The number of aliphatic carboxylic acids is 1. The molecule has 4 nitrogen and oxygen atoms in total. The third-order valence-corrected chi connectivity index (χ3v) is 3.36. The van der Waals surface area contributed by atoms with Gasteiger partial charge in [-0.2, -0.15) is 0 Å². The molecule has 0 saturated carbocycles. The Balaban J connectivity index is 2.46. The molecule has 1 N–H and O–H groups in total. The summed E-state index contributed by atoms with van der Waals surface area (Å²) in [5.41, 5.74) is 1.44. The minimum atomic E-state index is -1.02. The molecule has 0 bridgehead atoms. The molecule has 22 heavy (non-hydrogen) atoms. The SMILES string of the molecule is COc1ccc(C=C(C(=O)O)c2ccc(Cl)cc2)cc1OC. The molecule has 0 atom stereocenters. The second-order valence-corrected chi connectivity index (χ2v) is 4.92. The monoisotopic (exact) mass is 318 g/mol. The van der Waals surface area contributed by atoms with Gasteiger partial charge in [-0.05, 0) is 41.5 Å². The van der Waals surface area contributed by atoms with Crippen molar-refractivity contribution in [3.8, 4) is 11.5 Å². The Hall–Kier alpha value is -2.46. The average Bonchev–Trinajstić information content (AvgIpc) is 2.53. The van der Waals surface area contributed by atoms with Gasteiger partial charge in [0.1, 0.15) is 0 Å². The first-order chi connectivity index (χ1) is 10.5. The number of methoxy groups -OCH3 is 2. The van der Waals surface area contributed by atoms with Crippen LogP contribution in [0.15, 0.2) is 42.5 Å². The zero-order valence-electron chi connectivity index (χ0n) is 12.2. The highest BCUT2D eigenvalue weighted by molar-refractivity contribution is 6.30. The maximum absolute atomic E-state index is 11.5. The number of hydrogen-bond acceptors (Lipinski definition) is 3. The van der Waals surface area contributed by atoms with Gasteiger partial charge in [-0.15, -0.1) is 0 Å². The van der Waals surface area contributed by atoms with Crippen LogP contribution in [-0.2, 0) is 4.79 Å². The Morgan fingerprint density at radius 2 is 1.68 bits per heavy atom. The molecule has 0 aliphatic heterocycles. The van der Waals surface area contributed by atoms with Gasteiger partial charge in [0.05, 0.1) is 19.8 Å². The molecule has 0 aromatic heterocycles. The normalized spacial score (nSPS) is 11.1. The Kier molecular flexibility index (Phi) is 5.07. The quantitative estimate of drug-likeness (QED) is 0.669. The highest BCUT2D eigenvalue weighted by Crippen LogP contribution is 2.29. The molecular weight excluding hydrogens is 304 g/mol. The van der Waals surface area contributed by atoms with E-state index >= 15 is 0 Å². The average molecular weight is 319 g/mol. The number of carboxylic acids is 1. The lowest BCUT2D eigenvalue weighted by Crippen LogP contribution is -1.99. The first kappa shape index (κ1) is 15.9. The molecule has 0 saturated heterocycles. The van der Waals surface area contributed by atoms with Crippen molar-refractivity contribution in [1.29, 1.82) is 0 Å². The van der Waals surface area contributed by atoms with Crippen molar-refractivity contribution in [2.24, 2.45) is 0 Å². The first-order valence-electron chi connectivity index (χ1n) is 6.48. The second-order valence-electron chi connectivity index (χ2n) is 4.48. The van der Waals surface area contributed by atoms with Crippen LogP contribution in [-0.4, -0.2) is 25.3 Å². The van der Waals surface area contributed by atoms with E-state index in [9.17, 15) is 9.90 Å². The van der Waals surface area contributed by atoms with Gasteiger partial charge in [0.2, 0.25) is 0 Å². The summed E-state index contributed by atoms with van der Waals surface area (Å²) in [5, 5.41) is 9.98. The van der Waals surface area contributed by atoms with Crippen molar-refractivity contribution >= 4 is 29.2 Å². The van der Waals surface area contributed by atoms with E-state index in [1.807, 2.05) is 0 Å². The summed E-state index contributed by atoms with van der Waals surface area (Å²) in [6.07, 6.45) is 1.58. The van der Waals surface area contributed by atoms with Crippen LogP contribution >= 0.6 is 11.6 Å². The molecule has 0 spiro atoms. The summed E-state index contributed by atoms with van der Waals surface area (Å²) < 4.78 is 10.4. The number of benzene rings is 2. The van der Waals surface area contributed by atoms with Crippen molar-refractivity contribution in [3.05, 3.63) is 58.6 Å². The molecule has 0 aliphatic carbocycles. The second kappa shape index (κ2) is 7.00. The van der Waals surface area contributed by atoms with E-state index in [1.165, 1.54) is 7.11 Å². The van der Waals surface area contributed by atoms with Crippen LogP contribution in [0.1, 0.15) is 11.1 Å². The van der Waals surface area contributed by atoms with Gasteiger partial charge in [-0.3, -0.25) is 0 Å².